The summed E-state index contributed by atoms with van der Waals surface area (Å²) in [5.41, 5.74) is 2.41. The summed E-state index contributed by atoms with van der Waals surface area (Å²) >= 11 is 0. The third-order valence-electron chi connectivity index (χ3n) is 4.24. The van der Waals surface area contributed by atoms with Crippen LogP contribution in [0.25, 0.3) is 11.0 Å². The summed E-state index contributed by atoms with van der Waals surface area (Å²) in [5, 5.41) is 4.90. The van der Waals surface area contributed by atoms with Crippen LogP contribution >= 0.6 is 0 Å². The number of hydrogen-bond acceptors (Lipinski definition) is 2. The molecule has 1 fully saturated rings. The topological polar surface area (TPSA) is 25.2 Å². The Morgan fingerprint density at radius 2 is 2.05 bits per heavy atom. The van der Waals surface area contributed by atoms with Crippen LogP contribution < -0.4 is 5.32 Å². The summed E-state index contributed by atoms with van der Waals surface area (Å²) in [5.74, 6) is 2.46. The highest BCUT2D eigenvalue weighted by Gasteiger charge is 2.34. The Morgan fingerprint density at radius 3 is 2.70 bits per heavy atom. The Bertz CT molecular complexity index is 580. The minimum atomic E-state index is 0.407. The summed E-state index contributed by atoms with van der Waals surface area (Å²) in [6.45, 7) is 7.75. The molecule has 0 aliphatic heterocycles. The van der Waals surface area contributed by atoms with Gasteiger partial charge in [0.05, 0.1) is 6.04 Å². The molecule has 2 nitrogen and oxygen atoms in total. The van der Waals surface area contributed by atoms with Crippen molar-refractivity contribution in [2.45, 2.75) is 52.0 Å². The fourth-order valence-corrected chi connectivity index (χ4v) is 2.82. The maximum Gasteiger partial charge on any atom is 0.134 e. The third kappa shape index (κ3) is 2.76. The molecule has 20 heavy (non-hydrogen) atoms. The Hall–Kier alpha value is -1.28. The lowest BCUT2D eigenvalue weighted by molar-refractivity contribution is 0.396. The second-order valence-corrected chi connectivity index (χ2v) is 6.37. The van der Waals surface area contributed by atoms with Crippen molar-refractivity contribution in [2.24, 2.45) is 5.92 Å². The van der Waals surface area contributed by atoms with Gasteiger partial charge in [0, 0.05) is 5.39 Å². The predicted molar refractivity (Wildman–Crippen MR) is 84.1 cm³/mol. The average molecular weight is 271 g/mol. The van der Waals surface area contributed by atoms with Gasteiger partial charge in [-0.2, -0.15) is 0 Å². The van der Waals surface area contributed by atoms with Gasteiger partial charge in [-0.05, 0) is 61.4 Å². The first-order valence-electron chi connectivity index (χ1n) is 7.95. The van der Waals surface area contributed by atoms with Crippen LogP contribution in [0.4, 0.5) is 0 Å². The van der Waals surface area contributed by atoms with Crippen molar-refractivity contribution in [1.29, 1.82) is 0 Å². The van der Waals surface area contributed by atoms with Gasteiger partial charge in [-0.25, -0.2) is 0 Å². The minimum Gasteiger partial charge on any atom is -0.459 e. The van der Waals surface area contributed by atoms with Gasteiger partial charge >= 0.3 is 0 Å². The van der Waals surface area contributed by atoms with E-state index in [1.54, 1.807) is 0 Å². The summed E-state index contributed by atoms with van der Waals surface area (Å²) in [7, 11) is 0. The standard InChI is InChI=1S/C18H25NO/c1-4-9-19-18(13-5-6-13)17-11-15-10-14(12(2)3)7-8-16(15)20-17/h7-8,10-13,18-19H,4-6,9H2,1-3H3. The first kappa shape index (κ1) is 13.7. The van der Waals surface area contributed by atoms with E-state index >= 15 is 0 Å². The van der Waals surface area contributed by atoms with Crippen molar-refractivity contribution < 1.29 is 4.42 Å². The molecular formula is C18H25NO. The Labute approximate surface area is 121 Å². The lowest BCUT2D eigenvalue weighted by Crippen LogP contribution is -2.23. The molecule has 1 aromatic heterocycles. The smallest absolute Gasteiger partial charge is 0.134 e. The lowest BCUT2D eigenvalue weighted by atomic mass is 10.0. The van der Waals surface area contributed by atoms with E-state index in [1.807, 2.05) is 0 Å². The van der Waals surface area contributed by atoms with Crippen LogP contribution in [0.1, 0.15) is 63.3 Å². The molecular weight excluding hydrogens is 246 g/mol. The van der Waals surface area contributed by atoms with E-state index in [4.69, 9.17) is 4.42 Å². The van der Waals surface area contributed by atoms with Crippen molar-refractivity contribution in [2.75, 3.05) is 6.54 Å². The normalized spacial score (nSPS) is 17.0. The van der Waals surface area contributed by atoms with Crippen LogP contribution in [-0.4, -0.2) is 6.54 Å². The molecule has 3 rings (SSSR count). The maximum atomic E-state index is 6.10. The lowest BCUT2D eigenvalue weighted by Gasteiger charge is -2.14. The van der Waals surface area contributed by atoms with Crippen LogP contribution in [0.2, 0.25) is 0 Å². The van der Waals surface area contributed by atoms with Gasteiger partial charge in [0.15, 0.2) is 0 Å². The van der Waals surface area contributed by atoms with Crippen molar-refractivity contribution in [3.05, 3.63) is 35.6 Å². The SMILES string of the molecule is CCCNC(c1cc2cc(C(C)C)ccc2o1)C1CC1. The van der Waals surface area contributed by atoms with Gasteiger partial charge < -0.3 is 9.73 Å². The zero-order valence-electron chi connectivity index (χ0n) is 12.8. The number of hydrogen-bond donors (Lipinski definition) is 1. The molecule has 1 unspecified atom stereocenters. The highest BCUT2D eigenvalue weighted by molar-refractivity contribution is 5.79. The largest absolute Gasteiger partial charge is 0.459 e. The number of rotatable bonds is 6. The Morgan fingerprint density at radius 1 is 1.25 bits per heavy atom. The van der Waals surface area contributed by atoms with E-state index in [-0.39, 0.29) is 0 Å². The van der Waals surface area contributed by atoms with E-state index in [1.165, 1.54) is 30.2 Å². The molecule has 0 amide bonds. The van der Waals surface area contributed by atoms with E-state index < -0.39 is 0 Å². The number of benzene rings is 1. The van der Waals surface area contributed by atoms with Crippen LogP contribution in [0.3, 0.4) is 0 Å². The molecule has 1 heterocycles. The Balaban J connectivity index is 1.90. The third-order valence-corrected chi connectivity index (χ3v) is 4.24. The molecule has 1 saturated carbocycles. The predicted octanol–water partition coefficient (Wildman–Crippen LogP) is 5.01. The van der Waals surface area contributed by atoms with E-state index in [0.29, 0.717) is 12.0 Å². The van der Waals surface area contributed by atoms with Crippen LogP contribution in [0, 0.1) is 5.92 Å². The molecule has 2 aromatic rings. The molecule has 1 atom stereocenters. The fraction of sp³-hybridized carbons (Fsp3) is 0.556. The van der Waals surface area contributed by atoms with Gasteiger partial charge in [0.1, 0.15) is 11.3 Å². The minimum absolute atomic E-state index is 0.407. The average Bonchev–Trinajstić information content (AvgIpc) is 3.17. The monoisotopic (exact) mass is 271 g/mol. The highest BCUT2D eigenvalue weighted by Crippen LogP contribution is 2.42. The van der Waals surface area contributed by atoms with Crippen LogP contribution in [-0.2, 0) is 0 Å². The fourth-order valence-electron chi connectivity index (χ4n) is 2.82. The van der Waals surface area contributed by atoms with Crippen molar-refractivity contribution in [3.63, 3.8) is 0 Å². The maximum absolute atomic E-state index is 6.10. The van der Waals surface area contributed by atoms with Gasteiger partial charge in [-0.1, -0.05) is 26.8 Å². The van der Waals surface area contributed by atoms with Crippen molar-refractivity contribution in [1.82, 2.24) is 5.32 Å². The summed E-state index contributed by atoms with van der Waals surface area (Å²) < 4.78 is 6.10. The van der Waals surface area contributed by atoms with Crippen LogP contribution in [0.5, 0.6) is 0 Å². The summed E-state index contributed by atoms with van der Waals surface area (Å²) in [6.07, 6.45) is 3.83. The molecule has 0 radical (unpaired) electrons. The molecule has 1 N–H and O–H groups in total. The van der Waals surface area contributed by atoms with Gasteiger partial charge in [-0.3, -0.25) is 0 Å². The number of fused-ring (bicyclic) bond motifs is 1. The van der Waals surface area contributed by atoms with Crippen molar-refractivity contribution in [3.8, 4) is 0 Å². The zero-order chi connectivity index (χ0) is 14.1. The molecule has 1 aliphatic carbocycles. The second-order valence-electron chi connectivity index (χ2n) is 6.37. The number of nitrogens with one attached hydrogen (secondary N) is 1. The quantitative estimate of drug-likeness (QED) is 0.799. The molecule has 1 aliphatic rings. The molecule has 108 valence electrons. The first-order valence-corrected chi connectivity index (χ1v) is 7.95. The van der Waals surface area contributed by atoms with Crippen LogP contribution in [0.15, 0.2) is 28.7 Å². The van der Waals surface area contributed by atoms with Gasteiger partial charge in [0.25, 0.3) is 0 Å². The van der Waals surface area contributed by atoms with Gasteiger partial charge in [-0.15, -0.1) is 0 Å². The molecule has 2 heteroatoms. The second kappa shape index (κ2) is 5.61. The van der Waals surface area contributed by atoms with Gasteiger partial charge in [0.2, 0.25) is 0 Å². The van der Waals surface area contributed by atoms with E-state index in [2.05, 4.69) is 50.4 Å². The molecule has 0 saturated heterocycles. The molecule has 0 spiro atoms. The molecule has 0 bridgehead atoms. The Kier molecular flexibility index (Phi) is 3.84. The number of furan rings is 1. The van der Waals surface area contributed by atoms with Crippen molar-refractivity contribution >= 4 is 11.0 Å². The summed E-state index contributed by atoms with van der Waals surface area (Å²) in [6, 6.07) is 9.23. The zero-order valence-corrected chi connectivity index (χ0v) is 12.8. The van der Waals surface area contributed by atoms with E-state index in [0.717, 1.165) is 23.8 Å². The first-order chi connectivity index (χ1) is 9.69. The highest BCUT2D eigenvalue weighted by atomic mass is 16.3. The van der Waals surface area contributed by atoms with E-state index in [9.17, 15) is 0 Å². The summed E-state index contributed by atoms with van der Waals surface area (Å²) in [4.78, 5) is 0. The molecule has 1 aromatic carbocycles.